The summed E-state index contributed by atoms with van der Waals surface area (Å²) in [6, 6.07) is 11.0. The second-order valence-electron chi connectivity index (χ2n) is 6.25. The van der Waals surface area contributed by atoms with Crippen LogP contribution in [-0.2, 0) is 11.3 Å². The summed E-state index contributed by atoms with van der Waals surface area (Å²) in [6.07, 6.45) is 0.787. The van der Waals surface area contributed by atoms with Crippen molar-refractivity contribution in [1.29, 1.82) is 0 Å². The van der Waals surface area contributed by atoms with Crippen molar-refractivity contribution in [3.63, 3.8) is 0 Å². The molecule has 0 aliphatic rings. The molecular weight excluding hydrogens is 376 g/mol. The van der Waals surface area contributed by atoms with Crippen LogP contribution in [0.5, 0.6) is 0 Å². The Labute approximate surface area is 166 Å². The fourth-order valence-electron chi connectivity index (χ4n) is 2.85. The van der Waals surface area contributed by atoms with Crippen LogP contribution in [0.3, 0.4) is 0 Å². The highest BCUT2D eigenvalue weighted by Gasteiger charge is 2.14. The molecule has 1 heterocycles. The lowest BCUT2D eigenvalue weighted by atomic mass is 10.1. The van der Waals surface area contributed by atoms with Gasteiger partial charge in [0.05, 0.1) is 16.7 Å². The van der Waals surface area contributed by atoms with Gasteiger partial charge in [0.25, 0.3) is 5.56 Å². The monoisotopic (exact) mass is 398 g/mol. The van der Waals surface area contributed by atoms with E-state index >= 15 is 0 Å². The number of aromatic nitrogens is 2. The van der Waals surface area contributed by atoms with E-state index in [1.54, 1.807) is 4.57 Å². The van der Waals surface area contributed by atoms with Crippen LogP contribution in [0.4, 0.5) is 4.79 Å². The van der Waals surface area contributed by atoms with Crippen molar-refractivity contribution in [3.8, 4) is 0 Å². The predicted molar refractivity (Wildman–Crippen MR) is 112 cm³/mol. The fraction of sp³-hybridized carbons (Fsp3) is 0.300. The molecule has 0 aliphatic carbocycles. The van der Waals surface area contributed by atoms with Crippen molar-refractivity contribution >= 4 is 45.4 Å². The maximum absolute atomic E-state index is 12.9. The molecule has 2 aromatic carbocycles. The molecule has 2 N–H and O–H groups in total. The number of nitrogens with one attached hydrogen (secondary N) is 2. The Morgan fingerprint density at radius 1 is 1.14 bits per heavy atom. The van der Waals surface area contributed by atoms with E-state index < -0.39 is 11.9 Å². The smallest absolute Gasteiger partial charge is 0.321 e. The minimum atomic E-state index is -0.515. The molecular formula is C20H22N4O3S. The molecule has 0 aliphatic heterocycles. The summed E-state index contributed by atoms with van der Waals surface area (Å²) in [5.74, 6) is -0.445. The summed E-state index contributed by atoms with van der Waals surface area (Å²) < 4.78 is 1.55. The molecule has 0 atom stereocenters. The molecule has 0 fully saturated rings. The van der Waals surface area contributed by atoms with Crippen LogP contribution in [0, 0.1) is 0 Å². The lowest BCUT2D eigenvalue weighted by Crippen LogP contribution is -2.40. The zero-order valence-electron chi connectivity index (χ0n) is 15.8. The summed E-state index contributed by atoms with van der Waals surface area (Å²) in [5, 5.41) is 7.84. The van der Waals surface area contributed by atoms with E-state index in [0.717, 1.165) is 29.0 Å². The Hall–Kier alpha value is -2.87. The predicted octanol–water partition coefficient (Wildman–Crippen LogP) is 2.90. The largest absolute Gasteiger partial charge is 0.338 e. The highest BCUT2D eigenvalue weighted by atomic mass is 32.2. The Balaban J connectivity index is 1.86. The second kappa shape index (κ2) is 8.88. The van der Waals surface area contributed by atoms with E-state index in [9.17, 15) is 14.4 Å². The number of carbonyl (C=O) groups is 2. The molecule has 0 spiro atoms. The molecule has 3 rings (SSSR count). The van der Waals surface area contributed by atoms with Crippen LogP contribution < -0.4 is 16.2 Å². The zero-order chi connectivity index (χ0) is 20.1. The molecule has 0 radical (unpaired) electrons. The van der Waals surface area contributed by atoms with Crippen molar-refractivity contribution in [1.82, 2.24) is 20.2 Å². The van der Waals surface area contributed by atoms with Crippen LogP contribution >= 0.6 is 11.8 Å². The zero-order valence-corrected chi connectivity index (χ0v) is 16.6. The van der Waals surface area contributed by atoms with Gasteiger partial charge in [-0.3, -0.25) is 19.5 Å². The molecule has 0 saturated heterocycles. The van der Waals surface area contributed by atoms with Crippen molar-refractivity contribution in [2.24, 2.45) is 0 Å². The summed E-state index contributed by atoms with van der Waals surface area (Å²) in [6.45, 7) is 4.73. The lowest BCUT2D eigenvalue weighted by molar-refractivity contribution is -0.117. The normalized spacial score (nSPS) is 10.9. The number of nitrogens with zero attached hydrogens (tertiary/aromatic N) is 2. The Morgan fingerprint density at radius 3 is 2.54 bits per heavy atom. The van der Waals surface area contributed by atoms with Gasteiger partial charge in [0.1, 0.15) is 0 Å². The maximum atomic E-state index is 12.9. The van der Waals surface area contributed by atoms with Gasteiger partial charge in [0.15, 0.2) is 5.16 Å². The summed E-state index contributed by atoms with van der Waals surface area (Å²) >= 11 is 1.14. The van der Waals surface area contributed by atoms with Crippen molar-refractivity contribution in [2.75, 3.05) is 12.3 Å². The number of amides is 3. The second-order valence-corrected chi connectivity index (χ2v) is 7.20. The van der Waals surface area contributed by atoms with Crippen LogP contribution in [0.15, 0.2) is 46.3 Å². The van der Waals surface area contributed by atoms with Gasteiger partial charge in [0.2, 0.25) is 5.91 Å². The number of hydrogen-bond donors (Lipinski definition) is 2. The van der Waals surface area contributed by atoms with Crippen LogP contribution in [0.25, 0.3) is 21.7 Å². The number of fused-ring (bicyclic) bond motifs is 2. The lowest BCUT2D eigenvalue weighted by Gasteiger charge is -2.12. The topological polar surface area (TPSA) is 93.1 Å². The number of imide groups is 1. The first-order valence-corrected chi connectivity index (χ1v) is 10.2. The van der Waals surface area contributed by atoms with Crippen LogP contribution in [-0.4, -0.2) is 33.8 Å². The highest BCUT2D eigenvalue weighted by molar-refractivity contribution is 7.99. The first-order chi connectivity index (χ1) is 13.5. The Morgan fingerprint density at radius 2 is 1.86 bits per heavy atom. The molecule has 0 saturated carbocycles. The minimum absolute atomic E-state index is 0.00886. The fourth-order valence-corrected chi connectivity index (χ4v) is 3.72. The first-order valence-electron chi connectivity index (χ1n) is 9.17. The van der Waals surface area contributed by atoms with E-state index in [4.69, 9.17) is 0 Å². The van der Waals surface area contributed by atoms with E-state index in [1.807, 2.05) is 50.2 Å². The molecule has 146 valence electrons. The van der Waals surface area contributed by atoms with Gasteiger partial charge < -0.3 is 5.32 Å². The van der Waals surface area contributed by atoms with E-state index in [1.165, 1.54) is 0 Å². The van der Waals surface area contributed by atoms with E-state index in [2.05, 4.69) is 15.6 Å². The van der Waals surface area contributed by atoms with Gasteiger partial charge in [-0.2, -0.15) is 0 Å². The molecule has 3 amide bonds. The Kier molecular flexibility index (Phi) is 6.30. The van der Waals surface area contributed by atoms with E-state index in [0.29, 0.717) is 29.1 Å². The Bertz CT molecular complexity index is 1090. The molecule has 0 unspecified atom stereocenters. The quantitative estimate of drug-likeness (QED) is 0.378. The number of hydrogen-bond acceptors (Lipinski definition) is 5. The van der Waals surface area contributed by atoms with Gasteiger partial charge in [-0.25, -0.2) is 9.78 Å². The number of rotatable bonds is 6. The SMILES string of the molecule is CCCNC(=O)NC(=O)CSc1nc2cc3ccccc3cc2c(=O)n1CC. The highest BCUT2D eigenvalue weighted by Crippen LogP contribution is 2.22. The number of thioether (sulfide) groups is 1. The summed E-state index contributed by atoms with van der Waals surface area (Å²) in [4.78, 5) is 41.1. The van der Waals surface area contributed by atoms with Gasteiger partial charge in [-0.1, -0.05) is 43.0 Å². The third-order valence-electron chi connectivity index (χ3n) is 4.22. The summed E-state index contributed by atoms with van der Waals surface area (Å²) in [5.41, 5.74) is 0.457. The minimum Gasteiger partial charge on any atom is -0.338 e. The van der Waals surface area contributed by atoms with Gasteiger partial charge in [-0.15, -0.1) is 0 Å². The molecule has 0 bridgehead atoms. The molecule has 28 heavy (non-hydrogen) atoms. The van der Waals surface area contributed by atoms with E-state index in [-0.39, 0.29) is 11.3 Å². The average molecular weight is 398 g/mol. The van der Waals surface area contributed by atoms with Gasteiger partial charge in [-0.05, 0) is 36.2 Å². The summed E-state index contributed by atoms with van der Waals surface area (Å²) in [7, 11) is 0. The maximum Gasteiger partial charge on any atom is 0.321 e. The van der Waals surface area contributed by atoms with Crippen molar-refractivity contribution in [3.05, 3.63) is 46.8 Å². The van der Waals surface area contributed by atoms with Crippen LogP contribution in [0.1, 0.15) is 20.3 Å². The molecule has 7 nitrogen and oxygen atoms in total. The van der Waals surface area contributed by atoms with Gasteiger partial charge >= 0.3 is 6.03 Å². The standard InChI is InChI=1S/C20H22N4O3S/c1-3-9-21-19(27)23-17(25)12-28-20-22-16-11-14-8-6-5-7-13(14)10-15(16)18(26)24(20)4-2/h5-8,10-11H,3-4,9,12H2,1-2H3,(H2,21,23,25,27). The number of benzene rings is 2. The number of carbonyl (C=O) groups excluding carboxylic acids is 2. The third-order valence-corrected chi connectivity index (χ3v) is 5.20. The van der Waals surface area contributed by atoms with Crippen LogP contribution in [0.2, 0.25) is 0 Å². The molecule has 8 heteroatoms. The first kappa shape index (κ1) is 19.9. The average Bonchev–Trinajstić information content (AvgIpc) is 2.69. The molecule has 3 aromatic rings. The molecule has 1 aromatic heterocycles. The van der Waals surface area contributed by atoms with Crippen molar-refractivity contribution in [2.45, 2.75) is 32.0 Å². The third kappa shape index (κ3) is 4.33. The van der Waals surface area contributed by atoms with Crippen molar-refractivity contribution < 1.29 is 9.59 Å². The number of urea groups is 1. The van der Waals surface area contributed by atoms with Gasteiger partial charge in [0, 0.05) is 13.1 Å².